The maximum Gasteiger partial charge on any atom is 0.219 e. The van der Waals surface area contributed by atoms with Crippen molar-refractivity contribution in [2.75, 3.05) is 6.54 Å². The van der Waals surface area contributed by atoms with Crippen molar-refractivity contribution >= 4 is 5.91 Å². The lowest BCUT2D eigenvalue weighted by atomic mass is 10.0. The van der Waals surface area contributed by atoms with E-state index in [-0.39, 0.29) is 12.0 Å². The zero-order valence-corrected chi connectivity index (χ0v) is 12.9. The molecule has 3 rings (SSSR count). The van der Waals surface area contributed by atoms with Crippen LogP contribution in [0, 0.1) is 6.92 Å². The van der Waals surface area contributed by atoms with Crippen molar-refractivity contribution in [2.24, 2.45) is 0 Å². The molecule has 0 spiro atoms. The van der Waals surface area contributed by atoms with Crippen LogP contribution in [0.25, 0.3) is 11.3 Å². The van der Waals surface area contributed by atoms with Gasteiger partial charge < -0.3 is 10.1 Å². The summed E-state index contributed by atoms with van der Waals surface area (Å²) in [4.78, 5) is 15.8. The number of amides is 1. The number of carbonyl (C=O) groups is 1. The summed E-state index contributed by atoms with van der Waals surface area (Å²) in [6.45, 7) is 4.48. The highest BCUT2D eigenvalue weighted by atomic mass is 16.5. The number of hydrogen-bond donors (Lipinski definition) is 1. The quantitative estimate of drug-likeness (QED) is 0.944. The van der Waals surface area contributed by atoms with Crippen LogP contribution in [-0.4, -0.2) is 23.5 Å². The Bertz CT molecular complexity index is 683. The largest absolute Gasteiger partial charge is 0.487 e. The van der Waals surface area contributed by atoms with E-state index < -0.39 is 0 Å². The number of aromatic nitrogens is 1. The predicted octanol–water partition coefficient (Wildman–Crippen LogP) is 2.89. The van der Waals surface area contributed by atoms with Gasteiger partial charge in [-0.2, -0.15) is 0 Å². The van der Waals surface area contributed by atoms with E-state index in [2.05, 4.69) is 29.4 Å². The van der Waals surface area contributed by atoms with Gasteiger partial charge in [0, 0.05) is 24.6 Å². The minimum atomic E-state index is -0.00485. The molecule has 0 saturated carbocycles. The number of benzene rings is 1. The van der Waals surface area contributed by atoms with Crippen molar-refractivity contribution in [3.8, 4) is 17.0 Å². The van der Waals surface area contributed by atoms with E-state index in [1.807, 2.05) is 25.1 Å². The first-order valence-electron chi connectivity index (χ1n) is 7.65. The third-order valence-electron chi connectivity index (χ3n) is 3.83. The van der Waals surface area contributed by atoms with E-state index in [4.69, 9.17) is 4.74 Å². The Balaban J connectivity index is 1.85. The molecule has 22 heavy (non-hydrogen) atoms. The zero-order chi connectivity index (χ0) is 15.5. The highest BCUT2D eigenvalue weighted by Gasteiger charge is 2.26. The number of nitrogens with one attached hydrogen (secondary N) is 1. The van der Waals surface area contributed by atoms with Gasteiger partial charge in [-0.3, -0.25) is 9.78 Å². The Kier molecular flexibility index (Phi) is 4.09. The number of carbonyl (C=O) groups excluding carboxylic acids is 1. The van der Waals surface area contributed by atoms with Crippen LogP contribution < -0.4 is 10.1 Å². The van der Waals surface area contributed by atoms with Crippen LogP contribution in [0.3, 0.4) is 0 Å². The molecule has 1 atom stereocenters. The summed E-state index contributed by atoms with van der Waals surface area (Å²) >= 11 is 0. The van der Waals surface area contributed by atoms with Gasteiger partial charge in [-0.1, -0.05) is 19.1 Å². The van der Waals surface area contributed by atoms with Crippen molar-refractivity contribution in [1.29, 1.82) is 0 Å². The van der Waals surface area contributed by atoms with Crippen molar-refractivity contribution in [3.63, 3.8) is 0 Å². The van der Waals surface area contributed by atoms with Gasteiger partial charge in [0.2, 0.25) is 5.91 Å². The van der Waals surface area contributed by atoms with E-state index in [9.17, 15) is 4.79 Å². The van der Waals surface area contributed by atoms with Gasteiger partial charge in [0.1, 0.15) is 11.9 Å². The van der Waals surface area contributed by atoms with Gasteiger partial charge in [-0.25, -0.2) is 0 Å². The molecule has 1 aliphatic rings. The maximum absolute atomic E-state index is 11.4. The van der Waals surface area contributed by atoms with Crippen LogP contribution in [0.4, 0.5) is 0 Å². The first-order valence-corrected chi connectivity index (χ1v) is 7.65. The average Bonchev–Trinajstić information content (AvgIpc) is 2.95. The molecule has 1 aromatic carbocycles. The van der Waals surface area contributed by atoms with E-state index in [0.29, 0.717) is 13.0 Å². The fourth-order valence-corrected chi connectivity index (χ4v) is 2.77. The third-order valence-corrected chi connectivity index (χ3v) is 3.83. The minimum Gasteiger partial charge on any atom is -0.487 e. The minimum absolute atomic E-state index is 0.00485. The summed E-state index contributed by atoms with van der Waals surface area (Å²) in [5.41, 5.74) is 4.33. The normalized spacial score (nSPS) is 16.0. The molecule has 1 N–H and O–H groups in total. The van der Waals surface area contributed by atoms with Crippen LogP contribution >= 0.6 is 0 Å². The van der Waals surface area contributed by atoms with Crippen LogP contribution in [0.1, 0.15) is 24.5 Å². The summed E-state index contributed by atoms with van der Waals surface area (Å²) in [6.07, 6.45) is 3.10. The summed E-state index contributed by atoms with van der Waals surface area (Å²) in [7, 11) is 0. The Morgan fingerprint density at radius 2 is 2.27 bits per heavy atom. The van der Waals surface area contributed by atoms with Gasteiger partial charge in [0.05, 0.1) is 12.2 Å². The molecule has 4 heteroatoms. The van der Waals surface area contributed by atoms with E-state index in [1.165, 1.54) is 11.1 Å². The molecule has 114 valence electrons. The predicted molar refractivity (Wildman–Crippen MR) is 85.8 cm³/mol. The van der Waals surface area contributed by atoms with Crippen molar-refractivity contribution in [2.45, 2.75) is 32.8 Å². The first-order chi connectivity index (χ1) is 10.7. The molecule has 1 amide bonds. The topological polar surface area (TPSA) is 51.2 Å². The van der Waals surface area contributed by atoms with Crippen LogP contribution in [0.5, 0.6) is 5.75 Å². The smallest absolute Gasteiger partial charge is 0.219 e. The second kappa shape index (κ2) is 6.18. The highest BCUT2D eigenvalue weighted by molar-refractivity contribution is 5.75. The Hall–Kier alpha value is -2.36. The lowest BCUT2D eigenvalue weighted by molar-refractivity contribution is -0.121. The molecule has 0 saturated heterocycles. The number of ether oxygens (including phenoxy) is 1. The first kappa shape index (κ1) is 14.6. The summed E-state index contributed by atoms with van der Waals surface area (Å²) in [6, 6.07) is 10.1. The highest BCUT2D eigenvalue weighted by Crippen LogP contribution is 2.38. The molecule has 0 aliphatic carbocycles. The monoisotopic (exact) mass is 296 g/mol. The second-order valence-electron chi connectivity index (χ2n) is 5.62. The molecule has 0 bridgehead atoms. The average molecular weight is 296 g/mol. The number of hydrogen-bond acceptors (Lipinski definition) is 3. The van der Waals surface area contributed by atoms with Crippen molar-refractivity contribution in [3.05, 3.63) is 47.7 Å². The lowest BCUT2D eigenvalue weighted by Gasteiger charge is -2.13. The summed E-state index contributed by atoms with van der Waals surface area (Å²) in [5.74, 6) is 0.959. The zero-order valence-electron chi connectivity index (χ0n) is 12.9. The number of aryl methyl sites for hydroxylation is 1. The van der Waals surface area contributed by atoms with Gasteiger partial charge in [0.15, 0.2) is 0 Å². The van der Waals surface area contributed by atoms with Crippen molar-refractivity contribution < 1.29 is 9.53 Å². The molecule has 2 aromatic rings. The Morgan fingerprint density at radius 3 is 3.00 bits per heavy atom. The standard InChI is InChI=1S/C18H20N2O2/c1-3-17(21)20-11-14-10-13-8-12(2)9-15(18(13)22-14)16-6-4-5-7-19-16/h4-9,14H,3,10-11H2,1-2H3,(H,20,21)/t14-/m1/s1. The molecule has 4 nitrogen and oxygen atoms in total. The fraction of sp³-hybridized carbons (Fsp3) is 0.333. The number of pyridine rings is 1. The van der Waals surface area contributed by atoms with Crippen LogP contribution in [0.2, 0.25) is 0 Å². The molecule has 1 aromatic heterocycles. The molecule has 2 heterocycles. The lowest BCUT2D eigenvalue weighted by Crippen LogP contribution is -2.33. The number of fused-ring (bicyclic) bond motifs is 1. The molecule has 0 unspecified atom stereocenters. The molecular formula is C18H20N2O2. The van der Waals surface area contributed by atoms with Gasteiger partial charge in [-0.05, 0) is 36.2 Å². The third kappa shape index (κ3) is 2.96. The van der Waals surface area contributed by atoms with E-state index in [0.717, 1.165) is 23.4 Å². The molecule has 1 aliphatic heterocycles. The van der Waals surface area contributed by atoms with Crippen molar-refractivity contribution in [1.82, 2.24) is 10.3 Å². The molecule has 0 fully saturated rings. The molecular weight excluding hydrogens is 276 g/mol. The van der Waals surface area contributed by atoms with Crippen LogP contribution in [-0.2, 0) is 11.2 Å². The van der Waals surface area contributed by atoms with Gasteiger partial charge in [-0.15, -0.1) is 0 Å². The van der Waals surface area contributed by atoms with E-state index in [1.54, 1.807) is 6.20 Å². The van der Waals surface area contributed by atoms with Crippen LogP contribution in [0.15, 0.2) is 36.5 Å². The summed E-state index contributed by atoms with van der Waals surface area (Å²) < 4.78 is 6.09. The number of rotatable bonds is 4. The Morgan fingerprint density at radius 1 is 1.41 bits per heavy atom. The fourth-order valence-electron chi connectivity index (χ4n) is 2.77. The summed E-state index contributed by atoms with van der Waals surface area (Å²) in [5, 5.41) is 2.90. The number of nitrogens with zero attached hydrogens (tertiary/aromatic N) is 1. The van der Waals surface area contributed by atoms with Gasteiger partial charge >= 0.3 is 0 Å². The Labute approximate surface area is 130 Å². The van der Waals surface area contributed by atoms with Gasteiger partial charge in [0.25, 0.3) is 0 Å². The maximum atomic E-state index is 11.4. The molecule has 0 radical (unpaired) electrons. The second-order valence-corrected chi connectivity index (χ2v) is 5.62. The SMILES string of the molecule is CCC(=O)NC[C@H]1Cc2cc(C)cc(-c3ccccn3)c2O1. The van der Waals surface area contributed by atoms with E-state index >= 15 is 0 Å².